The van der Waals surface area contributed by atoms with Crippen LogP contribution in [0, 0.1) is 5.92 Å². The van der Waals surface area contributed by atoms with Gasteiger partial charge in [-0.2, -0.15) is 0 Å². The SMILES string of the molecule is CC(C)C(=O)N(CCO)C(C)C. The molecule has 0 aromatic rings. The van der Waals surface area contributed by atoms with Crippen LogP contribution < -0.4 is 0 Å². The van der Waals surface area contributed by atoms with E-state index in [2.05, 4.69) is 0 Å². The first-order chi connectivity index (χ1) is 5.50. The highest BCUT2D eigenvalue weighted by Crippen LogP contribution is 2.05. The van der Waals surface area contributed by atoms with Crippen molar-refractivity contribution in [3.63, 3.8) is 0 Å². The second-order valence-electron chi connectivity index (χ2n) is 3.50. The average molecular weight is 173 g/mol. The zero-order chi connectivity index (χ0) is 9.72. The van der Waals surface area contributed by atoms with E-state index in [0.717, 1.165) is 0 Å². The Morgan fingerprint density at radius 3 is 2.08 bits per heavy atom. The van der Waals surface area contributed by atoms with Crippen LogP contribution in [0.1, 0.15) is 27.7 Å². The largest absolute Gasteiger partial charge is 0.395 e. The third-order valence-corrected chi connectivity index (χ3v) is 1.74. The molecule has 0 aromatic heterocycles. The van der Waals surface area contributed by atoms with Crippen LogP contribution in [0.2, 0.25) is 0 Å². The average Bonchev–Trinajstić information content (AvgIpc) is 1.98. The van der Waals surface area contributed by atoms with Gasteiger partial charge in [-0.3, -0.25) is 4.79 Å². The highest BCUT2D eigenvalue weighted by molar-refractivity contribution is 5.78. The van der Waals surface area contributed by atoms with Crippen molar-refractivity contribution in [2.75, 3.05) is 13.2 Å². The minimum Gasteiger partial charge on any atom is -0.395 e. The van der Waals surface area contributed by atoms with Crippen molar-refractivity contribution in [1.29, 1.82) is 0 Å². The fourth-order valence-electron chi connectivity index (χ4n) is 1.06. The summed E-state index contributed by atoms with van der Waals surface area (Å²) in [6, 6.07) is 0.173. The Morgan fingerprint density at radius 2 is 1.83 bits per heavy atom. The lowest BCUT2D eigenvalue weighted by Crippen LogP contribution is -2.41. The first-order valence-electron chi connectivity index (χ1n) is 4.42. The number of rotatable bonds is 4. The predicted octanol–water partition coefficient (Wildman–Crippen LogP) is 0.872. The lowest BCUT2D eigenvalue weighted by molar-refractivity contribution is -0.136. The number of carbonyl (C=O) groups is 1. The van der Waals surface area contributed by atoms with Gasteiger partial charge in [0.15, 0.2) is 0 Å². The summed E-state index contributed by atoms with van der Waals surface area (Å²) in [5.41, 5.74) is 0. The molecule has 0 heterocycles. The van der Waals surface area contributed by atoms with Gasteiger partial charge >= 0.3 is 0 Å². The van der Waals surface area contributed by atoms with Crippen LogP contribution in [0.5, 0.6) is 0 Å². The van der Waals surface area contributed by atoms with Gasteiger partial charge in [-0.15, -0.1) is 0 Å². The fourth-order valence-corrected chi connectivity index (χ4v) is 1.06. The van der Waals surface area contributed by atoms with Crippen molar-refractivity contribution < 1.29 is 9.90 Å². The Balaban J connectivity index is 4.19. The maximum Gasteiger partial charge on any atom is 0.225 e. The van der Waals surface area contributed by atoms with E-state index in [0.29, 0.717) is 6.54 Å². The normalized spacial score (nSPS) is 10.9. The summed E-state index contributed by atoms with van der Waals surface area (Å²) in [4.78, 5) is 13.2. The molecule has 0 bridgehead atoms. The van der Waals surface area contributed by atoms with E-state index in [1.807, 2.05) is 27.7 Å². The summed E-state index contributed by atoms with van der Waals surface area (Å²) in [6.07, 6.45) is 0. The van der Waals surface area contributed by atoms with Crippen LogP contribution in [0.3, 0.4) is 0 Å². The molecule has 1 N–H and O–H groups in total. The van der Waals surface area contributed by atoms with Crippen LogP contribution in [-0.4, -0.2) is 35.1 Å². The lowest BCUT2D eigenvalue weighted by atomic mass is 10.1. The molecule has 12 heavy (non-hydrogen) atoms. The molecule has 72 valence electrons. The first-order valence-corrected chi connectivity index (χ1v) is 4.42. The van der Waals surface area contributed by atoms with Gasteiger partial charge in [0.05, 0.1) is 6.61 Å². The minimum absolute atomic E-state index is 0.0129. The smallest absolute Gasteiger partial charge is 0.225 e. The Hall–Kier alpha value is -0.570. The van der Waals surface area contributed by atoms with Gasteiger partial charge in [0.2, 0.25) is 5.91 Å². The van der Waals surface area contributed by atoms with E-state index in [1.54, 1.807) is 4.90 Å². The molecule has 0 saturated carbocycles. The molecular weight excluding hydrogens is 154 g/mol. The molecule has 0 aliphatic heterocycles. The predicted molar refractivity (Wildman–Crippen MR) is 48.8 cm³/mol. The van der Waals surface area contributed by atoms with Gasteiger partial charge in [0.25, 0.3) is 0 Å². The summed E-state index contributed by atoms with van der Waals surface area (Å²) < 4.78 is 0. The summed E-state index contributed by atoms with van der Waals surface area (Å²) >= 11 is 0. The summed E-state index contributed by atoms with van der Waals surface area (Å²) in [5.74, 6) is 0.123. The second-order valence-corrected chi connectivity index (χ2v) is 3.50. The lowest BCUT2D eigenvalue weighted by Gasteiger charge is -2.27. The number of hydrogen-bond acceptors (Lipinski definition) is 2. The van der Waals surface area contributed by atoms with Crippen LogP contribution in [0.15, 0.2) is 0 Å². The molecule has 3 heteroatoms. The molecule has 0 rings (SSSR count). The van der Waals surface area contributed by atoms with Gasteiger partial charge in [-0.05, 0) is 13.8 Å². The van der Waals surface area contributed by atoms with Gasteiger partial charge in [0, 0.05) is 18.5 Å². The summed E-state index contributed by atoms with van der Waals surface area (Å²) in [7, 11) is 0. The Morgan fingerprint density at radius 1 is 1.33 bits per heavy atom. The van der Waals surface area contributed by atoms with Gasteiger partial charge in [0.1, 0.15) is 0 Å². The van der Waals surface area contributed by atoms with Crippen LogP contribution in [0.4, 0.5) is 0 Å². The molecule has 0 saturated heterocycles. The summed E-state index contributed by atoms with van der Waals surface area (Å²) in [6.45, 7) is 8.13. The molecule has 3 nitrogen and oxygen atoms in total. The van der Waals surface area contributed by atoms with Crippen molar-refractivity contribution in [1.82, 2.24) is 4.90 Å². The van der Waals surface area contributed by atoms with Gasteiger partial charge in [-0.25, -0.2) is 0 Å². The maximum absolute atomic E-state index is 11.5. The Labute approximate surface area is 74.4 Å². The Bertz CT molecular complexity index is 143. The molecule has 1 amide bonds. The number of hydrogen-bond donors (Lipinski definition) is 1. The van der Waals surface area contributed by atoms with Crippen molar-refractivity contribution in [2.24, 2.45) is 5.92 Å². The van der Waals surface area contributed by atoms with Crippen molar-refractivity contribution >= 4 is 5.91 Å². The highest BCUT2D eigenvalue weighted by Gasteiger charge is 2.18. The summed E-state index contributed by atoms with van der Waals surface area (Å²) in [5, 5.41) is 8.72. The van der Waals surface area contributed by atoms with Crippen LogP contribution >= 0.6 is 0 Å². The topological polar surface area (TPSA) is 40.5 Å². The van der Waals surface area contributed by atoms with Crippen LogP contribution in [-0.2, 0) is 4.79 Å². The molecule has 0 radical (unpaired) electrons. The fraction of sp³-hybridized carbons (Fsp3) is 0.889. The van der Waals surface area contributed by atoms with Crippen LogP contribution in [0.25, 0.3) is 0 Å². The van der Waals surface area contributed by atoms with Gasteiger partial charge in [-0.1, -0.05) is 13.8 Å². The van der Waals surface area contributed by atoms with Crippen molar-refractivity contribution in [3.8, 4) is 0 Å². The van der Waals surface area contributed by atoms with E-state index in [1.165, 1.54) is 0 Å². The molecule has 0 unspecified atom stereocenters. The first kappa shape index (κ1) is 11.4. The van der Waals surface area contributed by atoms with E-state index < -0.39 is 0 Å². The molecule has 0 aromatic carbocycles. The number of aliphatic hydroxyl groups is 1. The molecule has 0 spiro atoms. The van der Waals surface area contributed by atoms with Gasteiger partial charge < -0.3 is 10.0 Å². The second kappa shape index (κ2) is 5.14. The maximum atomic E-state index is 11.5. The monoisotopic (exact) mass is 173 g/mol. The molecule has 0 fully saturated rings. The zero-order valence-corrected chi connectivity index (χ0v) is 8.37. The molecule has 0 aliphatic carbocycles. The van der Waals surface area contributed by atoms with Crippen molar-refractivity contribution in [3.05, 3.63) is 0 Å². The molecular formula is C9H19NO2. The van der Waals surface area contributed by atoms with E-state index in [-0.39, 0.29) is 24.5 Å². The Kier molecular flexibility index (Phi) is 4.90. The van der Waals surface area contributed by atoms with E-state index in [4.69, 9.17) is 5.11 Å². The number of amides is 1. The zero-order valence-electron chi connectivity index (χ0n) is 8.37. The molecule has 0 aliphatic rings. The molecule has 0 atom stereocenters. The minimum atomic E-state index is 0.0129. The quantitative estimate of drug-likeness (QED) is 0.685. The third-order valence-electron chi connectivity index (χ3n) is 1.74. The van der Waals surface area contributed by atoms with Crippen molar-refractivity contribution in [2.45, 2.75) is 33.7 Å². The standard InChI is InChI=1S/C9H19NO2/c1-7(2)9(12)10(5-6-11)8(3)4/h7-8,11H,5-6H2,1-4H3. The van der Waals surface area contributed by atoms with E-state index >= 15 is 0 Å². The highest BCUT2D eigenvalue weighted by atomic mass is 16.3. The number of carbonyl (C=O) groups excluding carboxylic acids is 1. The third kappa shape index (κ3) is 3.22. The number of nitrogens with zero attached hydrogens (tertiary/aromatic N) is 1. The number of aliphatic hydroxyl groups excluding tert-OH is 1. The van der Waals surface area contributed by atoms with E-state index in [9.17, 15) is 4.79 Å².